The van der Waals surface area contributed by atoms with Crippen LogP contribution < -0.4 is 10.4 Å². The molecule has 22 heavy (non-hydrogen) atoms. The molecular weight excluding hydrogens is 284 g/mol. The normalized spacial score (nSPS) is 10.5. The first kappa shape index (κ1) is 15.8. The average Bonchev–Trinajstić information content (AvgIpc) is 2.42. The Labute approximate surface area is 127 Å². The summed E-state index contributed by atoms with van der Waals surface area (Å²) in [4.78, 5) is 22.8. The van der Waals surface area contributed by atoms with Gasteiger partial charge in [0, 0.05) is 11.5 Å². The lowest BCUT2D eigenvalue weighted by Crippen LogP contribution is -2.14. The first-order valence-electron chi connectivity index (χ1n) is 6.92. The molecule has 0 aliphatic carbocycles. The summed E-state index contributed by atoms with van der Waals surface area (Å²) >= 11 is 0. The Bertz CT molecular complexity index is 795. The summed E-state index contributed by atoms with van der Waals surface area (Å²) < 4.78 is 10.8. The molecule has 0 saturated heterocycles. The lowest BCUT2D eigenvalue weighted by Gasteiger charge is -2.08. The SMILES string of the molecule is CC(C)=CCOc1ccc2c(C)c(CC(=O)O)c(=O)oc2c1. The van der Waals surface area contributed by atoms with Crippen molar-refractivity contribution in [2.75, 3.05) is 6.61 Å². The van der Waals surface area contributed by atoms with Gasteiger partial charge in [-0.2, -0.15) is 0 Å². The predicted molar refractivity (Wildman–Crippen MR) is 83.5 cm³/mol. The molecule has 1 heterocycles. The second-order valence-corrected chi connectivity index (χ2v) is 5.31. The first-order valence-corrected chi connectivity index (χ1v) is 6.92. The number of allylic oxidation sites excluding steroid dienone is 1. The fourth-order valence-corrected chi connectivity index (χ4v) is 2.12. The third kappa shape index (κ3) is 3.55. The van der Waals surface area contributed by atoms with E-state index in [1.54, 1.807) is 25.1 Å². The molecule has 1 aromatic carbocycles. The van der Waals surface area contributed by atoms with Crippen LogP contribution in [-0.4, -0.2) is 17.7 Å². The quantitative estimate of drug-likeness (QED) is 0.678. The number of ether oxygens (including phenoxy) is 1. The number of benzene rings is 1. The fourth-order valence-electron chi connectivity index (χ4n) is 2.12. The molecule has 0 aliphatic rings. The van der Waals surface area contributed by atoms with Gasteiger partial charge in [0.05, 0.1) is 12.0 Å². The molecule has 1 N–H and O–H groups in total. The van der Waals surface area contributed by atoms with Crippen molar-refractivity contribution >= 4 is 16.9 Å². The molecule has 116 valence electrons. The monoisotopic (exact) mass is 302 g/mol. The number of hydrogen-bond acceptors (Lipinski definition) is 4. The second kappa shape index (κ2) is 6.47. The highest BCUT2D eigenvalue weighted by molar-refractivity contribution is 5.83. The summed E-state index contributed by atoms with van der Waals surface area (Å²) in [7, 11) is 0. The summed E-state index contributed by atoms with van der Waals surface area (Å²) in [5.74, 6) is -0.463. The van der Waals surface area contributed by atoms with Crippen molar-refractivity contribution in [2.24, 2.45) is 0 Å². The maximum Gasteiger partial charge on any atom is 0.340 e. The number of hydrogen-bond donors (Lipinski definition) is 1. The molecule has 2 rings (SSSR count). The minimum atomic E-state index is -1.06. The van der Waals surface area contributed by atoms with Gasteiger partial charge in [0.25, 0.3) is 0 Å². The van der Waals surface area contributed by atoms with Gasteiger partial charge in [-0.05, 0) is 44.5 Å². The smallest absolute Gasteiger partial charge is 0.340 e. The zero-order valence-electron chi connectivity index (χ0n) is 12.8. The van der Waals surface area contributed by atoms with E-state index in [1.807, 2.05) is 19.9 Å². The van der Waals surface area contributed by atoms with Gasteiger partial charge in [-0.25, -0.2) is 4.79 Å². The van der Waals surface area contributed by atoms with Crippen LogP contribution in [-0.2, 0) is 11.2 Å². The van der Waals surface area contributed by atoms with Crippen LogP contribution in [0.5, 0.6) is 5.75 Å². The summed E-state index contributed by atoms with van der Waals surface area (Å²) in [6.45, 7) is 6.13. The zero-order chi connectivity index (χ0) is 16.3. The summed E-state index contributed by atoms with van der Waals surface area (Å²) in [5, 5.41) is 9.58. The van der Waals surface area contributed by atoms with Crippen LogP contribution in [0.15, 0.2) is 39.1 Å². The molecule has 0 atom stereocenters. The Morgan fingerprint density at radius 3 is 2.73 bits per heavy atom. The molecule has 0 unspecified atom stereocenters. The van der Waals surface area contributed by atoms with E-state index in [0.717, 1.165) is 5.57 Å². The predicted octanol–water partition coefficient (Wildman–Crippen LogP) is 3.07. The van der Waals surface area contributed by atoms with Crippen molar-refractivity contribution in [1.29, 1.82) is 0 Å². The van der Waals surface area contributed by atoms with Gasteiger partial charge in [0.1, 0.15) is 17.9 Å². The van der Waals surface area contributed by atoms with Gasteiger partial charge >= 0.3 is 11.6 Å². The fraction of sp³-hybridized carbons (Fsp3) is 0.294. The van der Waals surface area contributed by atoms with Gasteiger partial charge in [0.2, 0.25) is 0 Å². The molecule has 0 radical (unpaired) electrons. The Kier molecular flexibility index (Phi) is 4.65. The third-order valence-corrected chi connectivity index (χ3v) is 3.33. The standard InChI is InChI=1S/C17H18O5/c1-10(2)6-7-21-12-4-5-13-11(3)14(9-16(18)19)17(20)22-15(13)8-12/h4-6,8H,7,9H2,1-3H3,(H,18,19). The van der Waals surface area contributed by atoms with Crippen molar-refractivity contribution in [3.8, 4) is 5.75 Å². The highest BCUT2D eigenvalue weighted by atomic mass is 16.5. The Morgan fingerprint density at radius 1 is 1.36 bits per heavy atom. The van der Waals surface area contributed by atoms with Gasteiger partial charge in [-0.1, -0.05) is 5.57 Å². The van der Waals surface area contributed by atoms with Crippen molar-refractivity contribution in [3.63, 3.8) is 0 Å². The summed E-state index contributed by atoms with van der Waals surface area (Å²) in [6.07, 6.45) is 1.60. The molecule has 0 amide bonds. The van der Waals surface area contributed by atoms with Gasteiger partial charge in [-0.3, -0.25) is 4.79 Å². The van der Waals surface area contributed by atoms with Gasteiger partial charge in [0.15, 0.2) is 0 Å². The average molecular weight is 302 g/mol. The number of carboxylic acid groups (broad SMARTS) is 1. The first-order chi connectivity index (χ1) is 10.4. The number of aliphatic carboxylic acids is 1. The minimum Gasteiger partial charge on any atom is -0.489 e. The summed E-state index contributed by atoms with van der Waals surface area (Å²) in [5.41, 5.74) is 1.74. The largest absolute Gasteiger partial charge is 0.489 e. The molecule has 2 aromatic rings. The highest BCUT2D eigenvalue weighted by Crippen LogP contribution is 2.24. The van der Waals surface area contributed by atoms with E-state index in [9.17, 15) is 9.59 Å². The molecule has 0 aliphatic heterocycles. The van der Waals surface area contributed by atoms with Crippen LogP contribution in [0.2, 0.25) is 0 Å². The Balaban J connectivity index is 2.40. The number of carboxylic acids is 1. The van der Waals surface area contributed by atoms with E-state index in [-0.39, 0.29) is 12.0 Å². The summed E-state index contributed by atoms with van der Waals surface area (Å²) in [6, 6.07) is 5.20. The van der Waals surface area contributed by atoms with Crippen LogP contribution in [0.4, 0.5) is 0 Å². The molecular formula is C17H18O5. The van der Waals surface area contributed by atoms with Crippen LogP contribution in [0.1, 0.15) is 25.0 Å². The number of carbonyl (C=O) groups is 1. The van der Waals surface area contributed by atoms with Crippen molar-refractivity contribution in [2.45, 2.75) is 27.2 Å². The van der Waals surface area contributed by atoms with Gasteiger partial charge in [-0.15, -0.1) is 0 Å². The van der Waals surface area contributed by atoms with Crippen LogP contribution in [0, 0.1) is 6.92 Å². The Morgan fingerprint density at radius 2 is 2.09 bits per heavy atom. The maximum atomic E-state index is 11.9. The topological polar surface area (TPSA) is 76.7 Å². The molecule has 0 saturated carbocycles. The molecule has 0 bridgehead atoms. The molecule has 0 spiro atoms. The minimum absolute atomic E-state index is 0.179. The third-order valence-electron chi connectivity index (χ3n) is 3.33. The molecule has 0 fully saturated rings. The van der Waals surface area contributed by atoms with E-state index >= 15 is 0 Å². The van der Waals surface area contributed by atoms with Crippen molar-refractivity contribution in [3.05, 3.63) is 51.4 Å². The second-order valence-electron chi connectivity index (χ2n) is 5.31. The maximum absolute atomic E-state index is 11.9. The number of aryl methyl sites for hydroxylation is 1. The number of fused-ring (bicyclic) bond motifs is 1. The van der Waals surface area contributed by atoms with Gasteiger partial charge < -0.3 is 14.3 Å². The molecule has 5 nitrogen and oxygen atoms in total. The van der Waals surface area contributed by atoms with Crippen LogP contribution in [0.25, 0.3) is 11.0 Å². The van der Waals surface area contributed by atoms with E-state index in [2.05, 4.69) is 0 Å². The lowest BCUT2D eigenvalue weighted by atomic mass is 10.0. The van der Waals surface area contributed by atoms with E-state index in [1.165, 1.54) is 0 Å². The van der Waals surface area contributed by atoms with E-state index in [4.69, 9.17) is 14.3 Å². The highest BCUT2D eigenvalue weighted by Gasteiger charge is 2.14. The molecule has 5 heteroatoms. The molecule has 1 aromatic heterocycles. The lowest BCUT2D eigenvalue weighted by molar-refractivity contribution is -0.136. The van der Waals surface area contributed by atoms with Crippen LogP contribution >= 0.6 is 0 Å². The van der Waals surface area contributed by atoms with Crippen molar-refractivity contribution < 1.29 is 19.1 Å². The Hall–Kier alpha value is -2.56. The van der Waals surface area contributed by atoms with E-state index < -0.39 is 11.6 Å². The van der Waals surface area contributed by atoms with E-state index in [0.29, 0.717) is 28.9 Å². The zero-order valence-corrected chi connectivity index (χ0v) is 12.8. The van der Waals surface area contributed by atoms with Crippen LogP contribution in [0.3, 0.4) is 0 Å². The van der Waals surface area contributed by atoms with Crippen molar-refractivity contribution in [1.82, 2.24) is 0 Å². The number of rotatable bonds is 5.